The predicted molar refractivity (Wildman–Crippen MR) is 84.7 cm³/mol. The van der Waals surface area contributed by atoms with Crippen LogP contribution >= 0.6 is 0 Å². The fourth-order valence-electron chi connectivity index (χ4n) is 2.46. The minimum absolute atomic E-state index is 0.222. The summed E-state index contributed by atoms with van der Waals surface area (Å²) in [5.41, 5.74) is 5.79. The van der Waals surface area contributed by atoms with Crippen LogP contribution in [0, 0.1) is 5.92 Å². The third-order valence-corrected chi connectivity index (χ3v) is 3.67. The Morgan fingerprint density at radius 3 is 2.45 bits per heavy atom. The molecule has 0 aromatic rings. The van der Waals surface area contributed by atoms with Crippen molar-refractivity contribution in [2.75, 3.05) is 13.6 Å². The van der Waals surface area contributed by atoms with Gasteiger partial charge in [0.15, 0.2) is 0 Å². The summed E-state index contributed by atoms with van der Waals surface area (Å²) in [5, 5.41) is 0. The molecule has 0 aromatic heterocycles. The van der Waals surface area contributed by atoms with Crippen LogP contribution in [0.15, 0.2) is 24.3 Å². The Labute approximate surface area is 131 Å². The molecule has 2 N–H and O–H groups in total. The molecule has 122 valence electrons. The van der Waals surface area contributed by atoms with Gasteiger partial charge in [0, 0.05) is 19.2 Å². The Morgan fingerprint density at radius 1 is 1.41 bits per heavy atom. The van der Waals surface area contributed by atoms with Gasteiger partial charge in [-0.15, -0.1) is 0 Å². The molecule has 0 saturated heterocycles. The lowest BCUT2D eigenvalue weighted by molar-refractivity contribution is -0.144. The molecule has 0 saturated carbocycles. The van der Waals surface area contributed by atoms with E-state index in [0.717, 1.165) is 0 Å². The van der Waals surface area contributed by atoms with Crippen molar-refractivity contribution in [3.8, 4) is 0 Å². The summed E-state index contributed by atoms with van der Waals surface area (Å²) in [6.45, 7) is 9.51. The molecule has 1 rings (SSSR count). The van der Waals surface area contributed by atoms with Gasteiger partial charge in [-0.05, 0) is 19.3 Å². The lowest BCUT2D eigenvalue weighted by atomic mass is 10.0. The molecule has 0 radical (unpaired) electrons. The van der Waals surface area contributed by atoms with Crippen LogP contribution in [0.25, 0.3) is 0 Å². The van der Waals surface area contributed by atoms with E-state index in [0.29, 0.717) is 18.5 Å². The standard InChI is InChI=1S/C16H25N3O3/c1-10(2)9-13(14(17)20)18(5)16(22)12-7-6-8-19(12)15(21)11(3)4/h6-7,10,12-13H,3,8-9H2,1-2,4-5H3,(H2,17,20)/t12-,13?/m1/s1. The summed E-state index contributed by atoms with van der Waals surface area (Å²) >= 11 is 0. The van der Waals surface area contributed by atoms with E-state index in [4.69, 9.17) is 5.73 Å². The van der Waals surface area contributed by atoms with Gasteiger partial charge in [-0.3, -0.25) is 14.4 Å². The highest BCUT2D eigenvalue weighted by molar-refractivity contribution is 5.98. The fourth-order valence-corrected chi connectivity index (χ4v) is 2.46. The van der Waals surface area contributed by atoms with Crippen LogP contribution in [0.3, 0.4) is 0 Å². The molecular weight excluding hydrogens is 282 g/mol. The van der Waals surface area contributed by atoms with Gasteiger partial charge in [-0.25, -0.2) is 0 Å². The maximum Gasteiger partial charge on any atom is 0.250 e. The molecular formula is C16H25N3O3. The molecule has 1 unspecified atom stereocenters. The highest BCUT2D eigenvalue weighted by Gasteiger charge is 2.36. The first-order valence-electron chi connectivity index (χ1n) is 7.36. The summed E-state index contributed by atoms with van der Waals surface area (Å²) in [6, 6.07) is -1.38. The zero-order valence-corrected chi connectivity index (χ0v) is 13.7. The highest BCUT2D eigenvalue weighted by Crippen LogP contribution is 2.18. The predicted octanol–water partition coefficient (Wildman–Crippen LogP) is 0.688. The van der Waals surface area contributed by atoms with Crippen LogP contribution in [-0.4, -0.2) is 53.2 Å². The van der Waals surface area contributed by atoms with E-state index in [-0.39, 0.29) is 17.7 Å². The van der Waals surface area contributed by atoms with Crippen molar-refractivity contribution in [1.82, 2.24) is 9.80 Å². The normalized spacial score (nSPS) is 18.4. The molecule has 0 fully saturated rings. The SMILES string of the molecule is C=C(C)C(=O)N1CC=C[C@@H]1C(=O)N(C)C(CC(C)C)C(N)=O. The van der Waals surface area contributed by atoms with Crippen molar-refractivity contribution >= 4 is 17.7 Å². The minimum Gasteiger partial charge on any atom is -0.368 e. The van der Waals surface area contributed by atoms with Gasteiger partial charge >= 0.3 is 0 Å². The topological polar surface area (TPSA) is 83.7 Å². The lowest BCUT2D eigenvalue weighted by Crippen LogP contribution is -2.53. The van der Waals surface area contributed by atoms with Crippen LogP contribution < -0.4 is 5.73 Å². The van der Waals surface area contributed by atoms with Crippen LogP contribution in [-0.2, 0) is 14.4 Å². The molecule has 1 aliphatic heterocycles. The number of carbonyl (C=O) groups excluding carboxylic acids is 3. The number of amides is 3. The number of nitrogens with zero attached hydrogens (tertiary/aromatic N) is 2. The molecule has 3 amide bonds. The van der Waals surface area contributed by atoms with E-state index in [1.807, 2.05) is 13.8 Å². The second-order valence-electron chi connectivity index (χ2n) is 6.11. The molecule has 6 heteroatoms. The van der Waals surface area contributed by atoms with Gasteiger partial charge in [-0.1, -0.05) is 32.6 Å². The van der Waals surface area contributed by atoms with E-state index in [2.05, 4.69) is 6.58 Å². The first kappa shape index (κ1) is 17.9. The van der Waals surface area contributed by atoms with Crippen molar-refractivity contribution in [2.45, 2.75) is 39.3 Å². The average Bonchev–Trinajstić information content (AvgIpc) is 2.90. The molecule has 0 bridgehead atoms. The van der Waals surface area contributed by atoms with Gasteiger partial charge in [0.05, 0.1) is 0 Å². The van der Waals surface area contributed by atoms with Crippen LogP contribution in [0.2, 0.25) is 0 Å². The summed E-state index contributed by atoms with van der Waals surface area (Å²) < 4.78 is 0. The summed E-state index contributed by atoms with van der Waals surface area (Å²) in [7, 11) is 1.55. The molecule has 0 aromatic carbocycles. The van der Waals surface area contributed by atoms with Crippen molar-refractivity contribution in [2.24, 2.45) is 11.7 Å². The summed E-state index contributed by atoms with van der Waals surface area (Å²) in [5.74, 6) is -0.895. The molecule has 6 nitrogen and oxygen atoms in total. The van der Waals surface area contributed by atoms with Crippen molar-refractivity contribution in [3.63, 3.8) is 0 Å². The van der Waals surface area contributed by atoms with Gasteiger partial charge in [0.1, 0.15) is 12.1 Å². The Hall–Kier alpha value is -2.11. The lowest BCUT2D eigenvalue weighted by Gasteiger charge is -2.32. The summed E-state index contributed by atoms with van der Waals surface area (Å²) in [4.78, 5) is 39.2. The van der Waals surface area contributed by atoms with Gasteiger partial charge < -0.3 is 15.5 Å². The molecule has 1 heterocycles. The van der Waals surface area contributed by atoms with Crippen LogP contribution in [0.4, 0.5) is 0 Å². The Morgan fingerprint density at radius 2 is 2.00 bits per heavy atom. The molecule has 2 atom stereocenters. The second kappa shape index (κ2) is 7.24. The number of rotatable bonds is 6. The zero-order chi connectivity index (χ0) is 17.0. The third-order valence-electron chi connectivity index (χ3n) is 3.67. The van der Waals surface area contributed by atoms with Gasteiger partial charge in [0.25, 0.3) is 0 Å². The molecule has 1 aliphatic rings. The van der Waals surface area contributed by atoms with Crippen LogP contribution in [0.5, 0.6) is 0 Å². The molecule has 22 heavy (non-hydrogen) atoms. The van der Waals surface area contributed by atoms with E-state index < -0.39 is 18.0 Å². The number of likely N-dealkylation sites (N-methyl/N-ethyl adjacent to an activating group) is 1. The number of primary amides is 1. The number of carbonyl (C=O) groups is 3. The molecule has 0 aliphatic carbocycles. The van der Waals surface area contributed by atoms with Crippen molar-refractivity contribution in [1.29, 1.82) is 0 Å². The Bertz CT molecular complexity index is 511. The van der Waals surface area contributed by atoms with Crippen molar-refractivity contribution < 1.29 is 14.4 Å². The van der Waals surface area contributed by atoms with Crippen molar-refractivity contribution in [3.05, 3.63) is 24.3 Å². The fraction of sp³-hybridized carbons (Fsp3) is 0.562. The largest absolute Gasteiger partial charge is 0.368 e. The minimum atomic E-state index is -0.705. The zero-order valence-electron chi connectivity index (χ0n) is 13.7. The first-order valence-corrected chi connectivity index (χ1v) is 7.36. The maximum atomic E-state index is 12.7. The van der Waals surface area contributed by atoms with E-state index in [1.54, 1.807) is 26.1 Å². The highest BCUT2D eigenvalue weighted by atomic mass is 16.2. The maximum absolute atomic E-state index is 12.7. The number of nitrogens with two attached hydrogens (primary N) is 1. The quantitative estimate of drug-likeness (QED) is 0.579. The van der Waals surface area contributed by atoms with E-state index >= 15 is 0 Å². The van der Waals surface area contributed by atoms with Gasteiger partial charge in [0.2, 0.25) is 17.7 Å². The number of hydrogen-bond acceptors (Lipinski definition) is 3. The van der Waals surface area contributed by atoms with E-state index in [1.165, 1.54) is 9.80 Å². The van der Waals surface area contributed by atoms with Gasteiger partial charge in [-0.2, -0.15) is 0 Å². The van der Waals surface area contributed by atoms with E-state index in [9.17, 15) is 14.4 Å². The van der Waals surface area contributed by atoms with Crippen LogP contribution in [0.1, 0.15) is 27.2 Å². The monoisotopic (exact) mass is 307 g/mol. The number of hydrogen-bond donors (Lipinski definition) is 1. The molecule has 0 spiro atoms. The second-order valence-corrected chi connectivity index (χ2v) is 6.11. The Kier molecular flexibility index (Phi) is 5.91. The summed E-state index contributed by atoms with van der Waals surface area (Å²) in [6.07, 6.45) is 3.93. The average molecular weight is 307 g/mol. The first-order chi connectivity index (χ1) is 10.2. The Balaban J connectivity index is 2.92. The smallest absolute Gasteiger partial charge is 0.250 e. The third kappa shape index (κ3) is 3.96.